The van der Waals surface area contributed by atoms with E-state index in [1.165, 1.54) is 4.57 Å². The lowest BCUT2D eigenvalue weighted by atomic mass is 10.2. The number of imidazole rings is 1. The van der Waals surface area contributed by atoms with Crippen molar-refractivity contribution in [3.63, 3.8) is 0 Å². The fourth-order valence-corrected chi connectivity index (χ4v) is 3.13. The first-order valence-corrected chi connectivity index (χ1v) is 8.96. The zero-order valence-electron chi connectivity index (χ0n) is 15.3. The van der Waals surface area contributed by atoms with Gasteiger partial charge in [0.1, 0.15) is 5.75 Å². The maximum absolute atomic E-state index is 12.3. The highest BCUT2D eigenvalue weighted by atomic mass is 79.9. The molecule has 0 aliphatic heterocycles. The van der Waals surface area contributed by atoms with E-state index in [0.29, 0.717) is 17.2 Å². The average molecular weight is 435 g/mol. The van der Waals surface area contributed by atoms with E-state index < -0.39 is 11.2 Å². The van der Waals surface area contributed by atoms with Crippen molar-refractivity contribution < 1.29 is 4.74 Å². The van der Waals surface area contributed by atoms with Crippen LogP contribution in [0.25, 0.3) is 11.2 Å². The normalized spacial score (nSPS) is 11.6. The summed E-state index contributed by atoms with van der Waals surface area (Å²) < 4.78 is 9.19. The highest BCUT2D eigenvalue weighted by molar-refractivity contribution is 9.10. The van der Waals surface area contributed by atoms with Gasteiger partial charge < -0.3 is 9.30 Å². The zero-order chi connectivity index (χ0) is 19.7. The number of H-pyrrole nitrogens is 1. The van der Waals surface area contributed by atoms with Crippen LogP contribution in [0.2, 0.25) is 0 Å². The molecule has 9 nitrogen and oxygen atoms in total. The Morgan fingerprint density at radius 3 is 2.78 bits per heavy atom. The van der Waals surface area contributed by atoms with Crippen LogP contribution in [-0.4, -0.2) is 32.4 Å². The SMILES string of the molecule is COc1ccc(Br)cc1C=NNc1nc2c(c(=O)[nH]c(=O)n2C)n1C(C)C. The Labute approximate surface area is 162 Å². The molecule has 0 saturated carbocycles. The summed E-state index contributed by atoms with van der Waals surface area (Å²) in [7, 11) is 3.14. The van der Waals surface area contributed by atoms with Gasteiger partial charge in [-0.3, -0.25) is 14.3 Å². The molecular weight excluding hydrogens is 416 g/mol. The molecule has 0 atom stereocenters. The molecule has 0 spiro atoms. The molecule has 1 aromatic carbocycles. The number of halogens is 1. The first kappa shape index (κ1) is 18.9. The van der Waals surface area contributed by atoms with Gasteiger partial charge in [-0.1, -0.05) is 15.9 Å². The topological polar surface area (TPSA) is 106 Å². The molecule has 27 heavy (non-hydrogen) atoms. The number of ether oxygens (including phenoxy) is 1. The number of hydrogen-bond donors (Lipinski definition) is 2. The zero-order valence-corrected chi connectivity index (χ0v) is 16.9. The second-order valence-corrected chi connectivity index (χ2v) is 7.06. The molecule has 0 saturated heterocycles. The Bertz CT molecular complexity index is 1140. The first-order chi connectivity index (χ1) is 12.8. The van der Waals surface area contributed by atoms with Crippen LogP contribution in [0.3, 0.4) is 0 Å². The lowest BCUT2D eigenvalue weighted by molar-refractivity contribution is 0.414. The Balaban J connectivity index is 2.05. The quantitative estimate of drug-likeness (QED) is 0.472. The molecule has 0 bridgehead atoms. The number of benzene rings is 1. The van der Waals surface area contributed by atoms with E-state index in [4.69, 9.17) is 4.74 Å². The van der Waals surface area contributed by atoms with Crippen molar-refractivity contribution in [3.05, 3.63) is 49.1 Å². The van der Waals surface area contributed by atoms with Gasteiger partial charge in [-0.2, -0.15) is 10.1 Å². The summed E-state index contributed by atoms with van der Waals surface area (Å²) in [6.45, 7) is 3.83. The van der Waals surface area contributed by atoms with Crippen molar-refractivity contribution in [2.45, 2.75) is 19.9 Å². The van der Waals surface area contributed by atoms with Crippen LogP contribution in [0.15, 0.2) is 37.4 Å². The van der Waals surface area contributed by atoms with Crippen LogP contribution in [0.5, 0.6) is 5.75 Å². The summed E-state index contributed by atoms with van der Waals surface area (Å²) in [4.78, 5) is 30.8. The molecule has 0 fully saturated rings. The number of anilines is 1. The molecule has 2 aromatic heterocycles. The van der Waals surface area contributed by atoms with Gasteiger partial charge in [0.05, 0.1) is 13.3 Å². The van der Waals surface area contributed by atoms with E-state index in [1.54, 1.807) is 24.9 Å². The first-order valence-electron chi connectivity index (χ1n) is 8.17. The van der Waals surface area contributed by atoms with Crippen LogP contribution in [0.1, 0.15) is 25.5 Å². The summed E-state index contributed by atoms with van der Waals surface area (Å²) >= 11 is 3.41. The Morgan fingerprint density at radius 2 is 2.11 bits per heavy atom. The lowest BCUT2D eigenvalue weighted by Crippen LogP contribution is -2.29. The molecule has 0 amide bonds. The minimum absolute atomic E-state index is 0.0771. The van der Waals surface area contributed by atoms with E-state index in [1.807, 2.05) is 32.0 Å². The van der Waals surface area contributed by atoms with E-state index in [-0.39, 0.29) is 11.7 Å². The fraction of sp³-hybridized carbons (Fsp3) is 0.294. The van der Waals surface area contributed by atoms with Crippen LogP contribution >= 0.6 is 15.9 Å². The standard InChI is InChI=1S/C17H19BrN6O3/c1-9(2)24-13-14(23(3)17(26)21-15(13)25)20-16(24)22-19-8-10-7-11(18)5-6-12(10)27-4/h5-9H,1-4H3,(H,20,22)(H,21,25,26). The lowest BCUT2D eigenvalue weighted by Gasteiger charge is -2.11. The number of nitrogens with zero attached hydrogens (tertiary/aromatic N) is 4. The number of aromatic nitrogens is 4. The van der Waals surface area contributed by atoms with Gasteiger partial charge >= 0.3 is 5.69 Å². The number of aryl methyl sites for hydroxylation is 1. The minimum Gasteiger partial charge on any atom is -0.496 e. The average Bonchev–Trinajstić information content (AvgIpc) is 3.00. The number of hydrazone groups is 1. The largest absolute Gasteiger partial charge is 0.496 e. The van der Waals surface area contributed by atoms with E-state index in [0.717, 1.165) is 10.0 Å². The van der Waals surface area contributed by atoms with Crippen LogP contribution in [0.4, 0.5) is 5.95 Å². The summed E-state index contributed by atoms with van der Waals surface area (Å²) in [5, 5.41) is 4.22. The molecular formula is C17H19BrN6O3. The smallest absolute Gasteiger partial charge is 0.329 e. The predicted octanol–water partition coefficient (Wildman–Crippen LogP) is 2.22. The Hall–Kier alpha value is -2.88. The monoisotopic (exact) mass is 434 g/mol. The van der Waals surface area contributed by atoms with Crippen molar-refractivity contribution in [2.24, 2.45) is 12.1 Å². The summed E-state index contributed by atoms with van der Waals surface area (Å²) in [5.41, 5.74) is 3.21. The highest BCUT2D eigenvalue weighted by Gasteiger charge is 2.18. The van der Waals surface area contributed by atoms with Gasteiger partial charge in [0.15, 0.2) is 11.2 Å². The second-order valence-electron chi connectivity index (χ2n) is 6.15. The third kappa shape index (κ3) is 3.52. The van der Waals surface area contributed by atoms with Crippen molar-refractivity contribution >= 4 is 39.3 Å². The van der Waals surface area contributed by atoms with E-state index >= 15 is 0 Å². The maximum atomic E-state index is 12.3. The van der Waals surface area contributed by atoms with Crippen LogP contribution < -0.4 is 21.4 Å². The maximum Gasteiger partial charge on any atom is 0.329 e. The highest BCUT2D eigenvalue weighted by Crippen LogP contribution is 2.23. The number of nitrogens with one attached hydrogen (secondary N) is 2. The van der Waals surface area contributed by atoms with Gasteiger partial charge in [0.2, 0.25) is 5.95 Å². The van der Waals surface area contributed by atoms with E-state index in [9.17, 15) is 9.59 Å². The number of rotatable bonds is 5. The molecule has 142 valence electrons. The third-order valence-corrected chi connectivity index (χ3v) is 4.52. The van der Waals surface area contributed by atoms with Crippen molar-refractivity contribution in [3.8, 4) is 5.75 Å². The molecule has 3 rings (SSSR count). The second kappa shape index (κ2) is 7.39. The van der Waals surface area contributed by atoms with Gasteiger partial charge in [0, 0.05) is 23.1 Å². The summed E-state index contributed by atoms with van der Waals surface area (Å²) in [6.07, 6.45) is 1.59. The molecule has 0 aliphatic rings. The van der Waals surface area contributed by atoms with Gasteiger partial charge in [-0.05, 0) is 32.0 Å². The molecule has 3 aromatic rings. The molecule has 0 aliphatic carbocycles. The minimum atomic E-state index is -0.519. The number of fused-ring (bicyclic) bond motifs is 1. The van der Waals surface area contributed by atoms with Crippen LogP contribution in [0, 0.1) is 0 Å². The van der Waals surface area contributed by atoms with Crippen LogP contribution in [-0.2, 0) is 7.05 Å². The molecule has 2 N–H and O–H groups in total. The Kier molecular flexibility index (Phi) is 5.17. The number of hydrogen-bond acceptors (Lipinski definition) is 6. The molecule has 10 heteroatoms. The van der Waals surface area contributed by atoms with E-state index in [2.05, 4.69) is 36.4 Å². The predicted molar refractivity (Wildman–Crippen MR) is 108 cm³/mol. The number of methoxy groups -OCH3 is 1. The summed E-state index contributed by atoms with van der Waals surface area (Å²) in [5.74, 6) is 1.02. The molecule has 0 unspecified atom stereocenters. The van der Waals surface area contributed by atoms with Gasteiger partial charge in [-0.15, -0.1) is 0 Å². The molecule has 2 heterocycles. The van der Waals surface area contributed by atoms with Gasteiger partial charge in [-0.25, -0.2) is 10.2 Å². The Morgan fingerprint density at radius 1 is 1.37 bits per heavy atom. The third-order valence-electron chi connectivity index (χ3n) is 4.03. The van der Waals surface area contributed by atoms with Gasteiger partial charge in [0.25, 0.3) is 5.56 Å². The fourth-order valence-electron chi connectivity index (χ4n) is 2.75. The summed E-state index contributed by atoms with van der Waals surface area (Å²) in [6, 6.07) is 5.48. The van der Waals surface area contributed by atoms with Crippen molar-refractivity contribution in [1.29, 1.82) is 0 Å². The molecule has 0 radical (unpaired) electrons. The van der Waals surface area contributed by atoms with Crippen molar-refractivity contribution in [1.82, 2.24) is 19.1 Å². The van der Waals surface area contributed by atoms with Crippen molar-refractivity contribution in [2.75, 3.05) is 12.5 Å². The number of aromatic amines is 1.